The molecule has 0 unspecified atom stereocenters. The fraction of sp³-hybridized carbons (Fsp3) is 0.600. The minimum Gasteiger partial charge on any atom is -0.480 e. The molecule has 1 aromatic rings. The van der Waals surface area contributed by atoms with Crippen LogP contribution in [0.15, 0.2) is 30.3 Å². The molecule has 136 valence electrons. The zero-order valence-corrected chi connectivity index (χ0v) is 14.7. The van der Waals surface area contributed by atoms with E-state index in [0.29, 0.717) is 24.8 Å². The molecule has 2 aliphatic rings. The van der Waals surface area contributed by atoms with Gasteiger partial charge in [0.25, 0.3) is 0 Å². The predicted octanol–water partition coefficient (Wildman–Crippen LogP) is 2.31. The monoisotopic (exact) mass is 344 g/mol. The molecule has 1 saturated heterocycles. The minimum atomic E-state index is -0.789. The molecular formula is C20H28N2O3. The third kappa shape index (κ3) is 5.56. The van der Waals surface area contributed by atoms with Crippen LogP contribution in [0.5, 0.6) is 0 Å². The Morgan fingerprint density at radius 1 is 1.12 bits per heavy atom. The van der Waals surface area contributed by atoms with Crippen molar-refractivity contribution in [2.24, 2.45) is 11.8 Å². The van der Waals surface area contributed by atoms with Crippen molar-refractivity contribution >= 4 is 11.9 Å². The number of unbranched alkanes of at least 4 members (excludes halogenated alkanes) is 1. The number of aliphatic carboxylic acids is 1. The Morgan fingerprint density at radius 2 is 1.88 bits per heavy atom. The van der Waals surface area contributed by atoms with Crippen molar-refractivity contribution in [1.29, 1.82) is 0 Å². The maximum atomic E-state index is 12.3. The van der Waals surface area contributed by atoms with Crippen LogP contribution in [-0.4, -0.2) is 47.6 Å². The molecule has 0 spiro atoms. The number of likely N-dealkylation sites (tertiary alicyclic amines) is 1. The van der Waals surface area contributed by atoms with Gasteiger partial charge in [0.15, 0.2) is 0 Å². The number of aryl methyl sites for hydroxylation is 1. The van der Waals surface area contributed by atoms with Gasteiger partial charge in [-0.3, -0.25) is 14.5 Å². The highest BCUT2D eigenvalue weighted by Gasteiger charge is 2.43. The predicted molar refractivity (Wildman–Crippen MR) is 96.2 cm³/mol. The van der Waals surface area contributed by atoms with Crippen LogP contribution in [0.3, 0.4) is 0 Å². The summed E-state index contributed by atoms with van der Waals surface area (Å²) in [6.07, 6.45) is 5.90. The van der Waals surface area contributed by atoms with Gasteiger partial charge in [0.05, 0.1) is 6.54 Å². The highest BCUT2D eigenvalue weighted by molar-refractivity contribution is 5.76. The molecule has 1 aliphatic carbocycles. The van der Waals surface area contributed by atoms with Gasteiger partial charge in [-0.2, -0.15) is 0 Å². The number of carboxylic acids is 1. The smallest absolute Gasteiger partial charge is 0.317 e. The zero-order chi connectivity index (χ0) is 17.6. The molecule has 1 heterocycles. The second-order valence-corrected chi connectivity index (χ2v) is 7.46. The Morgan fingerprint density at radius 3 is 2.56 bits per heavy atom. The lowest BCUT2D eigenvalue weighted by Gasteiger charge is -2.19. The van der Waals surface area contributed by atoms with E-state index >= 15 is 0 Å². The van der Waals surface area contributed by atoms with Crippen molar-refractivity contribution in [3.63, 3.8) is 0 Å². The zero-order valence-electron chi connectivity index (χ0n) is 14.7. The molecule has 5 heteroatoms. The number of amides is 1. The van der Waals surface area contributed by atoms with Crippen molar-refractivity contribution in [2.75, 3.05) is 19.6 Å². The molecule has 5 nitrogen and oxygen atoms in total. The molecule has 1 aliphatic heterocycles. The van der Waals surface area contributed by atoms with E-state index in [-0.39, 0.29) is 18.5 Å². The first kappa shape index (κ1) is 17.9. The van der Waals surface area contributed by atoms with Gasteiger partial charge in [0.1, 0.15) is 0 Å². The van der Waals surface area contributed by atoms with Crippen molar-refractivity contribution < 1.29 is 14.7 Å². The number of benzene rings is 1. The number of nitrogens with one attached hydrogen (secondary N) is 1. The Bertz CT molecular complexity index is 586. The number of carbonyl (C=O) groups is 2. The third-order valence-electron chi connectivity index (χ3n) is 5.34. The normalized spacial score (nSPS) is 23.5. The number of carbonyl (C=O) groups excluding carboxylic acids is 1. The summed E-state index contributed by atoms with van der Waals surface area (Å²) < 4.78 is 0. The van der Waals surface area contributed by atoms with Gasteiger partial charge in [0, 0.05) is 25.6 Å². The summed E-state index contributed by atoms with van der Waals surface area (Å²) in [7, 11) is 0. The van der Waals surface area contributed by atoms with E-state index in [0.717, 1.165) is 25.8 Å². The molecular weight excluding hydrogens is 316 g/mol. The van der Waals surface area contributed by atoms with Gasteiger partial charge >= 0.3 is 5.97 Å². The highest BCUT2D eigenvalue weighted by Crippen LogP contribution is 2.41. The van der Waals surface area contributed by atoms with Gasteiger partial charge in [-0.15, -0.1) is 0 Å². The summed E-state index contributed by atoms with van der Waals surface area (Å²) in [6, 6.07) is 10.5. The van der Waals surface area contributed by atoms with Gasteiger partial charge in [-0.25, -0.2) is 0 Å². The van der Waals surface area contributed by atoms with Crippen LogP contribution in [0.1, 0.15) is 37.7 Å². The maximum Gasteiger partial charge on any atom is 0.317 e. The first-order valence-corrected chi connectivity index (χ1v) is 9.39. The second-order valence-electron chi connectivity index (χ2n) is 7.46. The van der Waals surface area contributed by atoms with Crippen LogP contribution >= 0.6 is 0 Å². The van der Waals surface area contributed by atoms with Crippen molar-refractivity contribution in [3.8, 4) is 0 Å². The van der Waals surface area contributed by atoms with Crippen LogP contribution in [0, 0.1) is 11.8 Å². The topological polar surface area (TPSA) is 69.6 Å². The molecule has 2 N–H and O–H groups in total. The second kappa shape index (κ2) is 8.48. The Hall–Kier alpha value is -1.88. The molecule has 1 amide bonds. The average Bonchev–Trinajstić information content (AvgIpc) is 3.35. The fourth-order valence-corrected chi connectivity index (χ4v) is 3.93. The number of hydrogen-bond donors (Lipinski definition) is 2. The standard InChI is InChI=1S/C20H28N2O3/c23-19(9-5-4-8-15-6-2-1-3-7-15)21-18-13-22(14-20(24)25)12-17(18)16-10-11-16/h1-3,6-7,16-18H,4-5,8-14H2,(H,21,23)(H,24,25)/t17-,18+/m1/s1. The molecule has 25 heavy (non-hydrogen) atoms. The lowest BCUT2D eigenvalue weighted by Crippen LogP contribution is -2.41. The van der Waals surface area contributed by atoms with Gasteiger partial charge in [-0.05, 0) is 49.5 Å². The van der Waals surface area contributed by atoms with E-state index < -0.39 is 5.97 Å². The molecule has 2 fully saturated rings. The van der Waals surface area contributed by atoms with E-state index in [1.807, 2.05) is 23.1 Å². The molecule has 0 bridgehead atoms. The molecule has 2 atom stereocenters. The number of rotatable bonds is 9. The molecule has 1 aromatic carbocycles. The lowest BCUT2D eigenvalue weighted by molar-refractivity contribution is -0.138. The first-order chi connectivity index (χ1) is 12.1. The largest absolute Gasteiger partial charge is 0.480 e. The number of carboxylic acid groups (broad SMARTS) is 1. The summed E-state index contributed by atoms with van der Waals surface area (Å²) in [5.74, 6) is 0.415. The van der Waals surface area contributed by atoms with Gasteiger partial charge in [0.2, 0.25) is 5.91 Å². The van der Waals surface area contributed by atoms with Gasteiger partial charge in [-0.1, -0.05) is 30.3 Å². The fourth-order valence-electron chi connectivity index (χ4n) is 3.93. The van der Waals surface area contributed by atoms with Crippen LogP contribution < -0.4 is 5.32 Å². The molecule has 3 rings (SSSR count). The quantitative estimate of drug-likeness (QED) is 0.675. The summed E-state index contributed by atoms with van der Waals surface area (Å²) in [6.45, 7) is 1.55. The summed E-state index contributed by atoms with van der Waals surface area (Å²) in [4.78, 5) is 25.2. The summed E-state index contributed by atoms with van der Waals surface area (Å²) in [5, 5.41) is 12.2. The lowest BCUT2D eigenvalue weighted by atomic mass is 9.98. The Labute approximate surface area is 149 Å². The van der Waals surface area contributed by atoms with Crippen LogP contribution in [0.2, 0.25) is 0 Å². The van der Waals surface area contributed by atoms with E-state index in [9.17, 15) is 9.59 Å². The van der Waals surface area contributed by atoms with E-state index in [2.05, 4.69) is 17.4 Å². The molecule has 1 saturated carbocycles. The summed E-state index contributed by atoms with van der Waals surface area (Å²) in [5.41, 5.74) is 1.32. The maximum absolute atomic E-state index is 12.3. The van der Waals surface area contributed by atoms with E-state index in [1.165, 1.54) is 18.4 Å². The van der Waals surface area contributed by atoms with Crippen molar-refractivity contribution in [1.82, 2.24) is 10.2 Å². The molecule has 0 aromatic heterocycles. The van der Waals surface area contributed by atoms with E-state index in [1.54, 1.807) is 0 Å². The SMILES string of the molecule is O=C(O)CN1C[C@H](NC(=O)CCCCc2ccccc2)[C@@H](C2CC2)C1. The molecule has 0 radical (unpaired) electrons. The van der Waals surface area contributed by atoms with Crippen molar-refractivity contribution in [2.45, 2.75) is 44.6 Å². The van der Waals surface area contributed by atoms with Crippen LogP contribution in [0.25, 0.3) is 0 Å². The number of nitrogens with zero attached hydrogens (tertiary/aromatic N) is 1. The van der Waals surface area contributed by atoms with Crippen molar-refractivity contribution in [3.05, 3.63) is 35.9 Å². The summed E-state index contributed by atoms with van der Waals surface area (Å²) >= 11 is 0. The highest BCUT2D eigenvalue weighted by atomic mass is 16.4. The van der Waals surface area contributed by atoms with Crippen LogP contribution in [-0.2, 0) is 16.0 Å². The van der Waals surface area contributed by atoms with E-state index in [4.69, 9.17) is 5.11 Å². The third-order valence-corrected chi connectivity index (χ3v) is 5.34. The first-order valence-electron chi connectivity index (χ1n) is 9.39. The Balaban J connectivity index is 1.39. The number of hydrogen-bond acceptors (Lipinski definition) is 3. The minimum absolute atomic E-state index is 0.0761. The average molecular weight is 344 g/mol. The Kier molecular flexibility index (Phi) is 6.08. The van der Waals surface area contributed by atoms with Crippen LogP contribution in [0.4, 0.5) is 0 Å². The van der Waals surface area contributed by atoms with Gasteiger partial charge < -0.3 is 10.4 Å².